The van der Waals surface area contributed by atoms with E-state index in [1.54, 1.807) is 4.90 Å². The van der Waals surface area contributed by atoms with Gasteiger partial charge >= 0.3 is 0 Å². The standard InChI is InChI=1S/C19H26N2O2/c1-13-7-6-10-17(14(13)2)21-12-15(11-18(21)22)19(23)20-16-8-4-3-5-9-16/h6-7,10,15-16H,3-5,8-9,11-12H2,1-2H3,(H,20,23)/t15-/m1/s1. The predicted octanol–water partition coefficient (Wildman–Crippen LogP) is 3.11. The van der Waals surface area contributed by atoms with Crippen LogP contribution < -0.4 is 10.2 Å². The van der Waals surface area contributed by atoms with E-state index in [0.29, 0.717) is 19.0 Å². The summed E-state index contributed by atoms with van der Waals surface area (Å²) < 4.78 is 0. The number of hydrogen-bond donors (Lipinski definition) is 1. The van der Waals surface area contributed by atoms with Crippen LogP contribution in [0, 0.1) is 19.8 Å². The van der Waals surface area contributed by atoms with Gasteiger partial charge < -0.3 is 10.2 Å². The van der Waals surface area contributed by atoms with Crippen LogP contribution in [0.25, 0.3) is 0 Å². The minimum Gasteiger partial charge on any atom is -0.353 e. The molecule has 0 aromatic heterocycles. The zero-order valence-corrected chi connectivity index (χ0v) is 14.1. The lowest BCUT2D eigenvalue weighted by Crippen LogP contribution is -2.40. The van der Waals surface area contributed by atoms with E-state index in [1.165, 1.54) is 24.8 Å². The zero-order valence-electron chi connectivity index (χ0n) is 14.1. The average molecular weight is 314 g/mol. The molecule has 2 aliphatic rings. The fourth-order valence-corrected chi connectivity index (χ4v) is 3.71. The highest BCUT2D eigenvalue weighted by Gasteiger charge is 2.36. The highest BCUT2D eigenvalue weighted by atomic mass is 16.2. The Morgan fingerprint density at radius 1 is 1.17 bits per heavy atom. The van der Waals surface area contributed by atoms with Crippen molar-refractivity contribution in [2.75, 3.05) is 11.4 Å². The number of rotatable bonds is 3. The second-order valence-corrected chi connectivity index (χ2v) is 6.97. The maximum atomic E-state index is 12.5. The summed E-state index contributed by atoms with van der Waals surface area (Å²) in [6.07, 6.45) is 6.15. The van der Waals surface area contributed by atoms with Gasteiger partial charge in [0, 0.05) is 24.7 Å². The third-order valence-electron chi connectivity index (χ3n) is 5.31. The number of carbonyl (C=O) groups is 2. The van der Waals surface area contributed by atoms with Crippen LogP contribution in [-0.4, -0.2) is 24.4 Å². The molecule has 1 saturated carbocycles. The van der Waals surface area contributed by atoms with E-state index in [1.807, 2.05) is 32.0 Å². The Morgan fingerprint density at radius 2 is 1.91 bits per heavy atom. The number of amides is 2. The van der Waals surface area contributed by atoms with Crippen LogP contribution in [0.4, 0.5) is 5.69 Å². The molecule has 1 aromatic carbocycles. The number of nitrogens with zero attached hydrogens (tertiary/aromatic N) is 1. The minimum atomic E-state index is -0.218. The maximum Gasteiger partial charge on any atom is 0.227 e. The fourth-order valence-electron chi connectivity index (χ4n) is 3.71. The summed E-state index contributed by atoms with van der Waals surface area (Å²) in [6, 6.07) is 6.30. The predicted molar refractivity (Wildman–Crippen MR) is 91.4 cm³/mol. The van der Waals surface area contributed by atoms with Gasteiger partial charge in [0.1, 0.15) is 0 Å². The van der Waals surface area contributed by atoms with Crippen molar-refractivity contribution in [2.45, 2.75) is 58.4 Å². The largest absolute Gasteiger partial charge is 0.353 e. The summed E-state index contributed by atoms with van der Waals surface area (Å²) >= 11 is 0. The summed E-state index contributed by atoms with van der Waals surface area (Å²) in [4.78, 5) is 26.7. The van der Waals surface area contributed by atoms with Gasteiger partial charge in [-0.3, -0.25) is 9.59 Å². The fraction of sp³-hybridized carbons (Fsp3) is 0.579. The molecule has 0 spiro atoms. The summed E-state index contributed by atoms with van der Waals surface area (Å²) in [5.41, 5.74) is 3.24. The monoisotopic (exact) mass is 314 g/mol. The molecule has 4 heteroatoms. The number of anilines is 1. The van der Waals surface area contributed by atoms with E-state index >= 15 is 0 Å². The lowest BCUT2D eigenvalue weighted by Gasteiger charge is -2.24. The van der Waals surface area contributed by atoms with E-state index in [4.69, 9.17) is 0 Å². The maximum absolute atomic E-state index is 12.5. The van der Waals surface area contributed by atoms with Gasteiger partial charge in [0.25, 0.3) is 0 Å². The lowest BCUT2D eigenvalue weighted by molar-refractivity contribution is -0.127. The number of hydrogen-bond acceptors (Lipinski definition) is 2. The Kier molecular flexibility index (Phi) is 4.69. The third-order valence-corrected chi connectivity index (χ3v) is 5.31. The van der Waals surface area contributed by atoms with Crippen molar-refractivity contribution in [1.82, 2.24) is 5.32 Å². The summed E-state index contributed by atoms with van der Waals surface area (Å²) in [5, 5.41) is 3.16. The smallest absolute Gasteiger partial charge is 0.227 e. The Bertz CT molecular complexity index is 605. The van der Waals surface area contributed by atoms with Crippen molar-refractivity contribution in [3.05, 3.63) is 29.3 Å². The molecule has 2 amide bonds. The van der Waals surface area contributed by atoms with Gasteiger partial charge in [-0.05, 0) is 43.9 Å². The highest BCUT2D eigenvalue weighted by molar-refractivity contribution is 6.00. The van der Waals surface area contributed by atoms with Crippen LogP contribution in [0.2, 0.25) is 0 Å². The van der Waals surface area contributed by atoms with Gasteiger partial charge in [0.15, 0.2) is 0 Å². The van der Waals surface area contributed by atoms with E-state index in [-0.39, 0.29) is 17.7 Å². The molecular weight excluding hydrogens is 288 g/mol. The van der Waals surface area contributed by atoms with E-state index in [0.717, 1.165) is 24.1 Å². The third kappa shape index (κ3) is 3.41. The number of carbonyl (C=O) groups excluding carboxylic acids is 2. The zero-order chi connectivity index (χ0) is 16.4. The normalized spacial score (nSPS) is 22.4. The molecule has 1 heterocycles. The van der Waals surface area contributed by atoms with Crippen LogP contribution in [0.5, 0.6) is 0 Å². The minimum absolute atomic E-state index is 0.0538. The molecule has 1 saturated heterocycles. The summed E-state index contributed by atoms with van der Waals surface area (Å²) in [7, 11) is 0. The quantitative estimate of drug-likeness (QED) is 0.932. The van der Waals surface area contributed by atoms with Crippen molar-refractivity contribution < 1.29 is 9.59 Å². The Labute approximate surface area is 138 Å². The number of benzene rings is 1. The number of nitrogens with one attached hydrogen (secondary N) is 1. The topological polar surface area (TPSA) is 49.4 Å². The molecule has 23 heavy (non-hydrogen) atoms. The first-order chi connectivity index (χ1) is 11.1. The molecule has 1 N–H and O–H groups in total. The molecule has 1 aromatic rings. The van der Waals surface area contributed by atoms with E-state index in [9.17, 15) is 9.59 Å². The van der Waals surface area contributed by atoms with Crippen molar-refractivity contribution >= 4 is 17.5 Å². The van der Waals surface area contributed by atoms with Gasteiger partial charge in [-0.15, -0.1) is 0 Å². The molecule has 1 aliphatic heterocycles. The van der Waals surface area contributed by atoms with Crippen molar-refractivity contribution in [2.24, 2.45) is 5.92 Å². The van der Waals surface area contributed by atoms with Gasteiger partial charge in [-0.1, -0.05) is 31.4 Å². The van der Waals surface area contributed by atoms with Gasteiger partial charge in [0.05, 0.1) is 5.92 Å². The lowest BCUT2D eigenvalue weighted by atomic mass is 9.95. The van der Waals surface area contributed by atoms with Crippen LogP contribution in [0.15, 0.2) is 18.2 Å². The average Bonchev–Trinajstić information content (AvgIpc) is 2.93. The molecule has 4 nitrogen and oxygen atoms in total. The second kappa shape index (κ2) is 6.73. The molecule has 1 atom stereocenters. The van der Waals surface area contributed by atoms with Gasteiger partial charge in [-0.25, -0.2) is 0 Å². The van der Waals surface area contributed by atoms with Crippen LogP contribution in [-0.2, 0) is 9.59 Å². The van der Waals surface area contributed by atoms with E-state index in [2.05, 4.69) is 5.32 Å². The first-order valence-electron chi connectivity index (χ1n) is 8.73. The number of aryl methyl sites for hydroxylation is 1. The molecule has 124 valence electrons. The summed E-state index contributed by atoms with van der Waals surface area (Å²) in [6.45, 7) is 4.59. The van der Waals surface area contributed by atoms with Crippen LogP contribution in [0.3, 0.4) is 0 Å². The molecule has 0 bridgehead atoms. The SMILES string of the molecule is Cc1cccc(N2C[C@H](C(=O)NC3CCCCC3)CC2=O)c1C. The molecule has 0 unspecified atom stereocenters. The van der Waals surface area contributed by atoms with Crippen LogP contribution >= 0.6 is 0 Å². The Morgan fingerprint density at radius 3 is 2.65 bits per heavy atom. The van der Waals surface area contributed by atoms with E-state index < -0.39 is 0 Å². The highest BCUT2D eigenvalue weighted by Crippen LogP contribution is 2.29. The first kappa shape index (κ1) is 16.0. The molecule has 3 rings (SSSR count). The first-order valence-corrected chi connectivity index (χ1v) is 8.73. The van der Waals surface area contributed by atoms with Crippen LogP contribution in [0.1, 0.15) is 49.7 Å². The molecular formula is C19H26N2O2. The molecule has 0 radical (unpaired) electrons. The molecule has 1 aliphatic carbocycles. The second-order valence-electron chi connectivity index (χ2n) is 6.97. The van der Waals surface area contributed by atoms with Gasteiger partial charge in [0.2, 0.25) is 11.8 Å². The van der Waals surface area contributed by atoms with Crippen molar-refractivity contribution in [3.63, 3.8) is 0 Å². The van der Waals surface area contributed by atoms with Gasteiger partial charge in [-0.2, -0.15) is 0 Å². The molecule has 2 fully saturated rings. The van der Waals surface area contributed by atoms with Crippen molar-refractivity contribution in [1.29, 1.82) is 0 Å². The Hall–Kier alpha value is -1.84. The Balaban J connectivity index is 1.67. The van der Waals surface area contributed by atoms with Crippen molar-refractivity contribution in [3.8, 4) is 0 Å². The summed E-state index contributed by atoms with van der Waals surface area (Å²) in [5.74, 6) is -0.107.